The van der Waals surface area contributed by atoms with E-state index in [1.54, 1.807) is 13.8 Å². The summed E-state index contributed by atoms with van der Waals surface area (Å²) >= 11 is 1.14. The number of anilines is 1. The Kier molecular flexibility index (Phi) is 6.22. The fourth-order valence-corrected chi connectivity index (χ4v) is 2.44. The molecular weight excluding hydrogens is 296 g/mol. The summed E-state index contributed by atoms with van der Waals surface area (Å²) in [6, 6.07) is -1.00. The minimum absolute atomic E-state index is 0.0907. The number of carbonyl (C=O) groups is 3. The predicted octanol–water partition coefficient (Wildman–Crippen LogP) is 0.288. The van der Waals surface area contributed by atoms with Gasteiger partial charge in [0.2, 0.25) is 11.8 Å². The van der Waals surface area contributed by atoms with Gasteiger partial charge in [-0.25, -0.2) is 4.79 Å². The summed E-state index contributed by atoms with van der Waals surface area (Å²) in [5.74, 6) is -1.59. The summed E-state index contributed by atoms with van der Waals surface area (Å²) in [7, 11) is 0. The number of nitrogens with zero attached hydrogens (tertiary/aromatic N) is 1. The molecule has 0 aliphatic rings. The van der Waals surface area contributed by atoms with Gasteiger partial charge >= 0.3 is 5.97 Å². The van der Waals surface area contributed by atoms with Crippen molar-refractivity contribution in [3.63, 3.8) is 0 Å². The number of H-pyrrole nitrogens is 1. The number of aryl methyl sites for hydroxylation is 2. The van der Waals surface area contributed by atoms with Crippen molar-refractivity contribution in [1.29, 1.82) is 0 Å². The molecule has 0 radical (unpaired) electrons. The van der Waals surface area contributed by atoms with Gasteiger partial charge in [0.15, 0.2) is 0 Å². The van der Waals surface area contributed by atoms with Gasteiger partial charge < -0.3 is 15.7 Å². The number of carboxylic acids is 1. The van der Waals surface area contributed by atoms with E-state index in [2.05, 4.69) is 20.8 Å². The van der Waals surface area contributed by atoms with Crippen LogP contribution in [-0.2, 0) is 14.4 Å². The van der Waals surface area contributed by atoms with Crippen LogP contribution in [0.5, 0.6) is 0 Å². The lowest BCUT2D eigenvalue weighted by atomic mass is 10.3. The molecule has 0 aliphatic heterocycles. The number of hydrogen-bond donors (Lipinski definition) is 4. The molecule has 1 atom stereocenters. The molecule has 0 saturated carbocycles. The van der Waals surface area contributed by atoms with Crippen LogP contribution in [0.15, 0.2) is 0 Å². The SMILES string of the molecule is CC(=O)N[C@@H](CSCC(=O)Nc1c(C)n[nH]c1C)C(=O)O. The number of carbonyl (C=O) groups excluding carboxylic acids is 2. The highest BCUT2D eigenvalue weighted by Gasteiger charge is 2.19. The Balaban J connectivity index is 2.42. The van der Waals surface area contributed by atoms with E-state index in [1.807, 2.05) is 0 Å². The zero-order valence-corrected chi connectivity index (χ0v) is 12.8. The molecule has 0 spiro atoms. The number of nitrogens with one attached hydrogen (secondary N) is 3. The largest absolute Gasteiger partial charge is 0.480 e. The Bertz CT molecular complexity index is 524. The average molecular weight is 314 g/mol. The molecule has 0 unspecified atom stereocenters. The first kappa shape index (κ1) is 17.0. The van der Waals surface area contributed by atoms with Crippen LogP contribution in [0, 0.1) is 13.8 Å². The second-order valence-corrected chi connectivity index (χ2v) is 5.49. The van der Waals surface area contributed by atoms with E-state index >= 15 is 0 Å². The highest BCUT2D eigenvalue weighted by Crippen LogP contribution is 2.16. The Labute approximate surface area is 126 Å². The predicted molar refractivity (Wildman–Crippen MR) is 79.3 cm³/mol. The van der Waals surface area contributed by atoms with Crippen molar-refractivity contribution in [1.82, 2.24) is 15.5 Å². The van der Waals surface area contributed by atoms with Gasteiger partial charge in [-0.3, -0.25) is 14.7 Å². The fourth-order valence-electron chi connectivity index (χ4n) is 1.60. The average Bonchev–Trinajstić information content (AvgIpc) is 2.68. The number of aliphatic carboxylic acids is 1. The standard InChI is InChI=1S/C12H18N4O4S/c1-6-11(7(2)16-15-6)14-10(18)5-21-4-9(12(19)20)13-8(3)17/h9H,4-5H2,1-3H3,(H,13,17)(H,14,18)(H,15,16)(H,19,20)/t9-/m0/s1. The zero-order valence-electron chi connectivity index (χ0n) is 12.0. The molecule has 0 aliphatic carbocycles. The third-order valence-electron chi connectivity index (χ3n) is 2.59. The van der Waals surface area contributed by atoms with Crippen molar-refractivity contribution in [3.05, 3.63) is 11.4 Å². The summed E-state index contributed by atoms with van der Waals surface area (Å²) in [6.07, 6.45) is 0. The number of hydrogen-bond acceptors (Lipinski definition) is 5. The van der Waals surface area contributed by atoms with Crippen molar-refractivity contribution < 1.29 is 19.5 Å². The molecule has 1 aromatic heterocycles. The van der Waals surface area contributed by atoms with Crippen LogP contribution in [0.3, 0.4) is 0 Å². The molecule has 0 saturated heterocycles. The molecule has 8 nitrogen and oxygen atoms in total. The van der Waals surface area contributed by atoms with Gasteiger partial charge in [-0.05, 0) is 13.8 Å². The van der Waals surface area contributed by atoms with Gasteiger partial charge in [0.1, 0.15) is 6.04 Å². The lowest BCUT2D eigenvalue weighted by Gasteiger charge is -2.12. The molecule has 21 heavy (non-hydrogen) atoms. The first-order valence-electron chi connectivity index (χ1n) is 6.20. The van der Waals surface area contributed by atoms with Crippen molar-refractivity contribution in [2.75, 3.05) is 16.8 Å². The quantitative estimate of drug-likeness (QED) is 0.573. The molecule has 0 fully saturated rings. The summed E-state index contributed by atoms with van der Waals surface area (Å²) in [4.78, 5) is 33.6. The number of thioether (sulfide) groups is 1. The maximum atomic E-state index is 11.8. The summed E-state index contributed by atoms with van der Waals surface area (Å²) < 4.78 is 0. The molecule has 116 valence electrons. The molecule has 9 heteroatoms. The van der Waals surface area contributed by atoms with E-state index in [-0.39, 0.29) is 17.4 Å². The summed E-state index contributed by atoms with van der Waals surface area (Å²) in [5.41, 5.74) is 2.08. The molecular formula is C12H18N4O4S. The smallest absolute Gasteiger partial charge is 0.327 e. The van der Waals surface area contributed by atoms with Crippen molar-refractivity contribution in [2.24, 2.45) is 0 Å². The maximum Gasteiger partial charge on any atom is 0.327 e. The summed E-state index contributed by atoms with van der Waals surface area (Å²) in [5, 5.41) is 20.7. The molecule has 1 heterocycles. The van der Waals surface area contributed by atoms with Crippen LogP contribution in [0.25, 0.3) is 0 Å². The molecule has 4 N–H and O–H groups in total. The van der Waals surface area contributed by atoms with E-state index in [0.717, 1.165) is 17.5 Å². The van der Waals surface area contributed by atoms with E-state index < -0.39 is 17.9 Å². The monoisotopic (exact) mass is 314 g/mol. The van der Waals surface area contributed by atoms with Crippen LogP contribution in [0.1, 0.15) is 18.3 Å². The van der Waals surface area contributed by atoms with Gasteiger partial charge in [-0.2, -0.15) is 5.10 Å². The second kappa shape index (κ2) is 7.67. The van der Waals surface area contributed by atoms with Gasteiger partial charge in [-0.1, -0.05) is 0 Å². The van der Waals surface area contributed by atoms with Crippen LogP contribution in [-0.4, -0.2) is 50.6 Å². The Hall–Kier alpha value is -2.03. The van der Waals surface area contributed by atoms with E-state index in [0.29, 0.717) is 11.4 Å². The van der Waals surface area contributed by atoms with Crippen molar-refractivity contribution >= 4 is 35.2 Å². The van der Waals surface area contributed by atoms with Gasteiger partial charge in [-0.15, -0.1) is 11.8 Å². The Morgan fingerprint density at radius 1 is 1.38 bits per heavy atom. The normalized spacial score (nSPS) is 11.8. The highest BCUT2D eigenvalue weighted by molar-refractivity contribution is 8.00. The van der Waals surface area contributed by atoms with Crippen LogP contribution in [0.2, 0.25) is 0 Å². The highest BCUT2D eigenvalue weighted by atomic mass is 32.2. The Morgan fingerprint density at radius 3 is 2.52 bits per heavy atom. The van der Waals surface area contributed by atoms with Crippen LogP contribution >= 0.6 is 11.8 Å². The number of amides is 2. The number of carboxylic acid groups (broad SMARTS) is 1. The van der Waals surface area contributed by atoms with E-state index in [9.17, 15) is 14.4 Å². The lowest BCUT2D eigenvalue weighted by Crippen LogP contribution is -2.41. The van der Waals surface area contributed by atoms with E-state index in [4.69, 9.17) is 5.11 Å². The minimum Gasteiger partial charge on any atom is -0.480 e. The van der Waals surface area contributed by atoms with Crippen molar-refractivity contribution in [3.8, 4) is 0 Å². The minimum atomic E-state index is -1.13. The molecule has 1 aromatic rings. The van der Waals surface area contributed by atoms with Crippen LogP contribution in [0.4, 0.5) is 5.69 Å². The zero-order chi connectivity index (χ0) is 16.0. The second-order valence-electron chi connectivity index (χ2n) is 4.46. The molecule has 0 bridgehead atoms. The number of rotatable bonds is 7. The first-order valence-corrected chi connectivity index (χ1v) is 7.35. The number of aromatic amines is 1. The Morgan fingerprint density at radius 2 is 2.05 bits per heavy atom. The summed E-state index contributed by atoms with van der Waals surface area (Å²) in [6.45, 7) is 4.81. The van der Waals surface area contributed by atoms with Gasteiger partial charge in [0.25, 0.3) is 0 Å². The van der Waals surface area contributed by atoms with Crippen molar-refractivity contribution in [2.45, 2.75) is 26.8 Å². The third-order valence-corrected chi connectivity index (χ3v) is 3.62. The molecule has 1 rings (SSSR count). The molecule has 0 aromatic carbocycles. The first-order chi connectivity index (χ1) is 9.81. The fraction of sp³-hybridized carbons (Fsp3) is 0.500. The number of aromatic nitrogens is 2. The lowest BCUT2D eigenvalue weighted by molar-refractivity contribution is -0.140. The topological polar surface area (TPSA) is 124 Å². The maximum absolute atomic E-state index is 11.8. The van der Waals surface area contributed by atoms with Gasteiger partial charge in [0.05, 0.1) is 22.8 Å². The van der Waals surface area contributed by atoms with E-state index in [1.165, 1.54) is 6.92 Å². The van der Waals surface area contributed by atoms with Crippen LogP contribution < -0.4 is 10.6 Å². The van der Waals surface area contributed by atoms with Gasteiger partial charge in [0, 0.05) is 12.7 Å². The molecule has 2 amide bonds. The third kappa shape index (κ3) is 5.46.